The van der Waals surface area contributed by atoms with Gasteiger partial charge >= 0.3 is 5.97 Å². The summed E-state index contributed by atoms with van der Waals surface area (Å²) in [5.74, 6) is -0.132. The maximum absolute atomic E-state index is 12.6. The van der Waals surface area contributed by atoms with Crippen molar-refractivity contribution in [3.05, 3.63) is 47.7 Å². The van der Waals surface area contributed by atoms with E-state index in [1.807, 2.05) is 6.07 Å². The number of aliphatic carboxylic acids is 1. The van der Waals surface area contributed by atoms with E-state index in [4.69, 9.17) is 9.15 Å². The van der Waals surface area contributed by atoms with Gasteiger partial charge in [0.25, 0.3) is 5.91 Å². The molecule has 7 heteroatoms. The summed E-state index contributed by atoms with van der Waals surface area (Å²) in [4.78, 5) is 30.1. The van der Waals surface area contributed by atoms with Gasteiger partial charge in [-0.05, 0) is 19.1 Å². The van der Waals surface area contributed by atoms with Gasteiger partial charge in [0, 0.05) is 32.9 Å². The molecule has 0 spiro atoms. The van der Waals surface area contributed by atoms with Gasteiger partial charge in [0.2, 0.25) is 11.4 Å². The summed E-state index contributed by atoms with van der Waals surface area (Å²) in [6, 6.07) is 8.87. The molecule has 0 radical (unpaired) electrons. The number of benzene rings is 1. The zero-order valence-electron chi connectivity index (χ0n) is 14.2. The fourth-order valence-electron chi connectivity index (χ4n) is 3.02. The predicted octanol–water partition coefficient (Wildman–Crippen LogP) is 2.43. The van der Waals surface area contributed by atoms with Crippen molar-refractivity contribution in [2.45, 2.75) is 32.3 Å². The molecule has 0 saturated carbocycles. The highest BCUT2D eigenvalue weighted by molar-refractivity contribution is 5.92. The van der Waals surface area contributed by atoms with Crippen LogP contribution in [0.25, 0.3) is 0 Å². The van der Waals surface area contributed by atoms with E-state index >= 15 is 0 Å². The second kappa shape index (κ2) is 6.58. The average Bonchev–Trinajstić information content (AvgIpc) is 2.94. The van der Waals surface area contributed by atoms with Gasteiger partial charge in [-0.15, -0.1) is 0 Å². The molecule has 1 N–H and O–H groups in total. The summed E-state index contributed by atoms with van der Waals surface area (Å²) in [5.41, 5.74) is -0.789. The topological polar surface area (TPSA) is 92.9 Å². The van der Waals surface area contributed by atoms with Gasteiger partial charge in [0.1, 0.15) is 5.75 Å². The normalized spacial score (nSPS) is 16.5. The van der Waals surface area contributed by atoms with Crippen molar-refractivity contribution in [2.24, 2.45) is 0 Å². The first-order chi connectivity index (χ1) is 11.9. The number of rotatable bonds is 4. The zero-order valence-corrected chi connectivity index (χ0v) is 14.2. The molecule has 0 aliphatic carbocycles. The van der Waals surface area contributed by atoms with E-state index in [1.54, 1.807) is 43.0 Å². The lowest BCUT2D eigenvalue weighted by Gasteiger charge is -2.38. The van der Waals surface area contributed by atoms with Crippen LogP contribution in [0.1, 0.15) is 35.0 Å². The van der Waals surface area contributed by atoms with Crippen LogP contribution in [0.3, 0.4) is 0 Å². The van der Waals surface area contributed by atoms with Gasteiger partial charge in [-0.3, -0.25) is 4.79 Å². The molecule has 1 aromatic heterocycles. The monoisotopic (exact) mass is 344 g/mol. The quantitative estimate of drug-likeness (QED) is 0.916. The van der Waals surface area contributed by atoms with Gasteiger partial charge in [-0.2, -0.15) is 0 Å². The zero-order chi connectivity index (χ0) is 18.0. The smallest absolute Gasteiger partial charge is 0.348 e. The number of carboxylic acids is 1. The molecule has 1 aromatic carbocycles. The molecule has 0 bridgehead atoms. The fourth-order valence-corrected chi connectivity index (χ4v) is 3.02. The first kappa shape index (κ1) is 17.0. The molecule has 1 aliphatic heterocycles. The molecule has 132 valence electrons. The number of ether oxygens (including phenoxy) is 1. The Hall–Kier alpha value is -2.83. The maximum Gasteiger partial charge on any atom is 0.348 e. The minimum atomic E-state index is -1.33. The fraction of sp³-hybridized carbons (Fsp3) is 0.389. The SMILES string of the molecule is Cc1nc(C)c(C(=O)N2CCC(Oc3ccccc3)(C(=O)O)CC2)o1. The van der Waals surface area contributed by atoms with Crippen molar-refractivity contribution in [1.82, 2.24) is 9.88 Å². The number of para-hydroxylation sites is 1. The standard InChI is InChI=1S/C18H20N2O5/c1-12-15(24-13(2)19-12)16(21)20-10-8-18(9-11-20,17(22)23)25-14-6-4-3-5-7-14/h3-7H,8-11H2,1-2H3,(H,22,23). The minimum Gasteiger partial charge on any atom is -0.478 e. The van der Waals surface area contributed by atoms with Crippen LogP contribution < -0.4 is 4.74 Å². The Labute approximate surface area is 145 Å². The summed E-state index contributed by atoms with van der Waals surface area (Å²) in [6.45, 7) is 3.95. The lowest BCUT2D eigenvalue weighted by molar-refractivity contribution is -0.159. The number of nitrogens with zero attached hydrogens (tertiary/aromatic N) is 2. The maximum atomic E-state index is 12.6. The Bertz CT molecular complexity index is 776. The number of amides is 1. The molecule has 25 heavy (non-hydrogen) atoms. The third kappa shape index (κ3) is 3.35. The van der Waals surface area contributed by atoms with Crippen molar-refractivity contribution in [1.29, 1.82) is 0 Å². The van der Waals surface area contributed by atoms with Crippen LogP contribution in [0, 0.1) is 13.8 Å². The van der Waals surface area contributed by atoms with Crippen molar-refractivity contribution in [3.63, 3.8) is 0 Å². The van der Waals surface area contributed by atoms with Crippen molar-refractivity contribution in [3.8, 4) is 5.75 Å². The second-order valence-electron chi connectivity index (χ2n) is 6.15. The number of aryl methyl sites for hydroxylation is 2. The first-order valence-corrected chi connectivity index (χ1v) is 8.12. The number of likely N-dealkylation sites (tertiary alicyclic amines) is 1. The Morgan fingerprint density at radius 3 is 2.36 bits per heavy atom. The third-order valence-corrected chi connectivity index (χ3v) is 4.40. The van der Waals surface area contributed by atoms with Crippen molar-refractivity contribution >= 4 is 11.9 Å². The summed E-state index contributed by atoms with van der Waals surface area (Å²) in [6.07, 6.45) is 0.407. The molecular formula is C18H20N2O5. The van der Waals surface area contributed by atoms with Gasteiger partial charge in [0.05, 0.1) is 5.69 Å². The van der Waals surface area contributed by atoms with E-state index in [-0.39, 0.29) is 37.6 Å². The molecule has 0 atom stereocenters. The van der Waals surface area contributed by atoms with Crippen LogP contribution in [0.5, 0.6) is 5.75 Å². The molecule has 2 aromatic rings. The van der Waals surface area contributed by atoms with Crippen LogP contribution in [0.15, 0.2) is 34.7 Å². The Morgan fingerprint density at radius 1 is 1.20 bits per heavy atom. The number of carbonyl (C=O) groups is 2. The van der Waals surface area contributed by atoms with Crippen LogP contribution in [0.2, 0.25) is 0 Å². The number of carbonyl (C=O) groups excluding carboxylic acids is 1. The van der Waals surface area contributed by atoms with E-state index in [0.717, 1.165) is 0 Å². The van der Waals surface area contributed by atoms with Crippen LogP contribution in [-0.4, -0.2) is 45.6 Å². The number of oxazole rings is 1. The number of aromatic nitrogens is 1. The second-order valence-corrected chi connectivity index (χ2v) is 6.15. The lowest BCUT2D eigenvalue weighted by Crippen LogP contribution is -2.54. The first-order valence-electron chi connectivity index (χ1n) is 8.12. The van der Waals surface area contributed by atoms with Crippen molar-refractivity contribution < 1.29 is 23.8 Å². The molecule has 2 heterocycles. The highest BCUT2D eigenvalue weighted by atomic mass is 16.5. The van der Waals surface area contributed by atoms with Crippen molar-refractivity contribution in [2.75, 3.05) is 13.1 Å². The van der Waals surface area contributed by atoms with Crippen LogP contribution >= 0.6 is 0 Å². The van der Waals surface area contributed by atoms with Gasteiger partial charge in [-0.1, -0.05) is 18.2 Å². The molecule has 1 aliphatic rings. The molecule has 7 nitrogen and oxygen atoms in total. The molecule has 0 unspecified atom stereocenters. The van der Waals surface area contributed by atoms with E-state index in [2.05, 4.69) is 4.98 Å². The minimum absolute atomic E-state index is 0.204. The number of hydrogen-bond acceptors (Lipinski definition) is 5. The summed E-state index contributed by atoms with van der Waals surface area (Å²) in [5, 5.41) is 9.68. The molecular weight excluding hydrogens is 324 g/mol. The molecule has 1 saturated heterocycles. The summed E-state index contributed by atoms with van der Waals surface area (Å²) >= 11 is 0. The van der Waals surface area contributed by atoms with Crippen LogP contribution in [0.4, 0.5) is 0 Å². The Balaban J connectivity index is 1.73. The number of piperidine rings is 1. The van der Waals surface area contributed by atoms with Crippen LogP contribution in [-0.2, 0) is 4.79 Å². The molecule has 1 amide bonds. The highest BCUT2D eigenvalue weighted by Crippen LogP contribution is 2.30. The van der Waals surface area contributed by atoms with E-state index in [0.29, 0.717) is 17.3 Å². The Kier molecular flexibility index (Phi) is 4.48. The largest absolute Gasteiger partial charge is 0.478 e. The average molecular weight is 344 g/mol. The summed E-state index contributed by atoms with van der Waals surface area (Å²) < 4.78 is 11.2. The molecule has 1 fully saturated rings. The Morgan fingerprint density at radius 2 is 1.84 bits per heavy atom. The van der Waals surface area contributed by atoms with Gasteiger partial charge in [0.15, 0.2) is 5.89 Å². The number of carboxylic acid groups (broad SMARTS) is 1. The van der Waals surface area contributed by atoms with E-state index in [9.17, 15) is 14.7 Å². The lowest BCUT2D eigenvalue weighted by atomic mass is 9.91. The van der Waals surface area contributed by atoms with Gasteiger partial charge in [-0.25, -0.2) is 9.78 Å². The predicted molar refractivity (Wildman–Crippen MR) is 88.6 cm³/mol. The highest BCUT2D eigenvalue weighted by Gasteiger charge is 2.45. The molecule has 3 rings (SSSR count). The van der Waals surface area contributed by atoms with E-state index < -0.39 is 11.6 Å². The third-order valence-electron chi connectivity index (χ3n) is 4.40. The van der Waals surface area contributed by atoms with Gasteiger partial charge < -0.3 is 19.2 Å². The summed E-state index contributed by atoms with van der Waals surface area (Å²) in [7, 11) is 0. The van der Waals surface area contributed by atoms with E-state index in [1.165, 1.54) is 0 Å². The number of hydrogen-bond donors (Lipinski definition) is 1.